The van der Waals surface area contributed by atoms with Crippen molar-refractivity contribution in [3.8, 4) is 16.9 Å². The summed E-state index contributed by atoms with van der Waals surface area (Å²) in [5.74, 6) is -1.09. The van der Waals surface area contributed by atoms with Crippen molar-refractivity contribution in [1.29, 1.82) is 0 Å². The fourth-order valence-corrected chi connectivity index (χ4v) is 4.11. The molecule has 1 aliphatic heterocycles. The lowest BCUT2D eigenvalue weighted by atomic mass is 9.98. The molecule has 1 heterocycles. The van der Waals surface area contributed by atoms with Crippen molar-refractivity contribution in [2.45, 2.75) is 6.42 Å². The number of carbonyl (C=O) groups is 2. The van der Waals surface area contributed by atoms with Crippen LogP contribution < -0.4 is 10.1 Å². The van der Waals surface area contributed by atoms with Crippen LogP contribution in [0.25, 0.3) is 11.1 Å². The Labute approximate surface area is 179 Å². The van der Waals surface area contributed by atoms with Gasteiger partial charge in [0.05, 0.1) is 5.92 Å². The number of nitrogens with zero attached hydrogens (tertiary/aromatic N) is 1. The number of halogens is 1. The van der Waals surface area contributed by atoms with Gasteiger partial charge in [-0.05, 0) is 52.9 Å². The summed E-state index contributed by atoms with van der Waals surface area (Å²) in [6.07, 6.45) is 0.864. The van der Waals surface area contributed by atoms with Gasteiger partial charge in [0.25, 0.3) is 5.91 Å². The summed E-state index contributed by atoms with van der Waals surface area (Å²) in [7, 11) is 0. The van der Waals surface area contributed by atoms with Crippen LogP contribution in [0.1, 0.15) is 11.1 Å². The van der Waals surface area contributed by atoms with Crippen LogP contribution in [0.15, 0.2) is 66.7 Å². The fraction of sp³-hybridized carbons (Fsp3) is 0.200. The molecule has 0 saturated carbocycles. The summed E-state index contributed by atoms with van der Waals surface area (Å²) in [4.78, 5) is 26.3. The number of anilines is 1. The molecule has 1 fully saturated rings. The van der Waals surface area contributed by atoms with Crippen LogP contribution in [0.3, 0.4) is 0 Å². The van der Waals surface area contributed by atoms with E-state index in [2.05, 4.69) is 17.4 Å². The third-order valence-corrected chi connectivity index (χ3v) is 5.85. The highest BCUT2D eigenvalue weighted by Crippen LogP contribution is 2.37. The first kappa shape index (κ1) is 19.3. The molecule has 0 aromatic heterocycles. The molecule has 1 aliphatic carbocycles. The highest BCUT2D eigenvalue weighted by Gasteiger charge is 2.36. The number of ether oxygens (including phenoxy) is 1. The second-order valence-corrected chi connectivity index (χ2v) is 7.91. The first-order chi connectivity index (χ1) is 15.1. The molecule has 0 spiro atoms. The Morgan fingerprint density at radius 1 is 0.968 bits per heavy atom. The van der Waals surface area contributed by atoms with Crippen LogP contribution in [0, 0.1) is 11.7 Å². The summed E-state index contributed by atoms with van der Waals surface area (Å²) < 4.78 is 18.8. The Morgan fingerprint density at radius 3 is 2.55 bits per heavy atom. The molecule has 1 saturated heterocycles. The maximum Gasteiger partial charge on any atom is 0.260 e. The minimum Gasteiger partial charge on any atom is -0.481 e. The molecule has 5 rings (SSSR count). The molecule has 2 aliphatic rings. The second kappa shape index (κ2) is 7.87. The average Bonchev–Trinajstić information content (AvgIpc) is 3.10. The Bertz CT molecular complexity index is 1170. The molecule has 3 aromatic rings. The number of amides is 2. The maximum atomic E-state index is 13.6. The Hall–Kier alpha value is -3.67. The first-order valence-electron chi connectivity index (χ1n) is 10.3. The Kier molecular flexibility index (Phi) is 4.90. The molecule has 0 atom stereocenters. The highest BCUT2D eigenvalue weighted by atomic mass is 19.1. The van der Waals surface area contributed by atoms with E-state index < -0.39 is 5.82 Å². The van der Waals surface area contributed by atoms with Gasteiger partial charge in [0.15, 0.2) is 18.2 Å². The molecule has 1 N–H and O–H groups in total. The van der Waals surface area contributed by atoms with Crippen LogP contribution in [0.4, 0.5) is 10.1 Å². The molecule has 0 unspecified atom stereocenters. The van der Waals surface area contributed by atoms with Crippen LogP contribution in [-0.4, -0.2) is 36.4 Å². The van der Waals surface area contributed by atoms with Crippen LogP contribution >= 0.6 is 0 Å². The number of fused-ring (bicyclic) bond motifs is 3. The number of nitrogens with one attached hydrogen (secondary N) is 1. The average molecular weight is 416 g/mol. The van der Waals surface area contributed by atoms with E-state index in [1.54, 1.807) is 17.0 Å². The molecular formula is C25H21FN2O3. The predicted octanol–water partition coefficient (Wildman–Crippen LogP) is 3.87. The summed E-state index contributed by atoms with van der Waals surface area (Å²) in [5, 5.41) is 2.97. The summed E-state index contributed by atoms with van der Waals surface area (Å²) in [6, 6.07) is 20.3. The van der Waals surface area contributed by atoms with Gasteiger partial charge in [-0.1, -0.05) is 42.5 Å². The van der Waals surface area contributed by atoms with E-state index in [4.69, 9.17) is 4.74 Å². The predicted molar refractivity (Wildman–Crippen MR) is 115 cm³/mol. The van der Waals surface area contributed by atoms with Crippen molar-refractivity contribution in [2.24, 2.45) is 5.92 Å². The van der Waals surface area contributed by atoms with E-state index in [-0.39, 0.29) is 30.1 Å². The van der Waals surface area contributed by atoms with Crippen molar-refractivity contribution in [1.82, 2.24) is 4.90 Å². The van der Waals surface area contributed by atoms with E-state index in [1.807, 2.05) is 30.3 Å². The normalized spacial score (nSPS) is 14.4. The highest BCUT2D eigenvalue weighted by molar-refractivity contribution is 5.95. The summed E-state index contributed by atoms with van der Waals surface area (Å²) in [6.45, 7) is 0.421. The molecule has 5 nitrogen and oxygen atoms in total. The van der Waals surface area contributed by atoms with Gasteiger partial charge >= 0.3 is 0 Å². The molecule has 2 amide bonds. The molecule has 31 heavy (non-hydrogen) atoms. The number of benzene rings is 3. The van der Waals surface area contributed by atoms with Gasteiger partial charge in [-0.15, -0.1) is 0 Å². The molecule has 0 radical (unpaired) electrons. The van der Waals surface area contributed by atoms with E-state index in [0.717, 1.165) is 12.1 Å². The molecular weight excluding hydrogens is 395 g/mol. The van der Waals surface area contributed by atoms with Gasteiger partial charge in [0.2, 0.25) is 5.91 Å². The van der Waals surface area contributed by atoms with Crippen LogP contribution in [-0.2, 0) is 16.0 Å². The van der Waals surface area contributed by atoms with Crippen molar-refractivity contribution < 1.29 is 18.7 Å². The van der Waals surface area contributed by atoms with Crippen LogP contribution in [0.5, 0.6) is 5.75 Å². The van der Waals surface area contributed by atoms with E-state index >= 15 is 0 Å². The lowest BCUT2D eigenvalue weighted by Gasteiger charge is -2.38. The monoisotopic (exact) mass is 416 g/mol. The van der Waals surface area contributed by atoms with E-state index in [9.17, 15) is 14.0 Å². The molecule has 6 heteroatoms. The minimum atomic E-state index is -0.506. The number of rotatable bonds is 5. The van der Waals surface area contributed by atoms with Crippen molar-refractivity contribution >= 4 is 17.5 Å². The third-order valence-electron chi connectivity index (χ3n) is 5.85. The van der Waals surface area contributed by atoms with Crippen LogP contribution in [0.2, 0.25) is 0 Å². The van der Waals surface area contributed by atoms with Gasteiger partial charge in [0, 0.05) is 18.8 Å². The Morgan fingerprint density at radius 2 is 1.71 bits per heavy atom. The lowest BCUT2D eigenvalue weighted by Crippen LogP contribution is -2.55. The topological polar surface area (TPSA) is 58.6 Å². The standard InChI is InChI=1S/C25H21FN2O3/c26-22-7-3-4-8-23(22)31-15-24(29)28-13-18(14-28)25(30)27-19-9-10-21-17(12-19)11-16-5-1-2-6-20(16)21/h1-10,12,18H,11,13-15H2,(H,27,30). The largest absolute Gasteiger partial charge is 0.481 e. The zero-order valence-electron chi connectivity index (χ0n) is 16.8. The summed E-state index contributed by atoms with van der Waals surface area (Å²) in [5.41, 5.74) is 5.73. The van der Waals surface area contributed by atoms with Crippen molar-refractivity contribution in [3.63, 3.8) is 0 Å². The zero-order valence-corrected chi connectivity index (χ0v) is 16.8. The summed E-state index contributed by atoms with van der Waals surface area (Å²) >= 11 is 0. The van der Waals surface area contributed by atoms with Gasteiger partial charge < -0.3 is 15.0 Å². The number of para-hydroxylation sites is 1. The molecule has 156 valence electrons. The Balaban J connectivity index is 1.13. The second-order valence-electron chi connectivity index (χ2n) is 7.91. The zero-order chi connectivity index (χ0) is 21.4. The number of hydrogen-bond acceptors (Lipinski definition) is 3. The number of carbonyl (C=O) groups excluding carboxylic acids is 2. The SMILES string of the molecule is O=C(Nc1ccc2c(c1)Cc1ccccc1-2)C1CN(C(=O)COc2ccccc2F)C1. The van der Waals surface area contributed by atoms with Gasteiger partial charge in [-0.25, -0.2) is 4.39 Å². The quantitative estimate of drug-likeness (QED) is 0.537. The van der Waals surface area contributed by atoms with E-state index in [1.165, 1.54) is 34.4 Å². The lowest BCUT2D eigenvalue weighted by molar-refractivity contribution is -0.143. The van der Waals surface area contributed by atoms with Crippen molar-refractivity contribution in [3.05, 3.63) is 83.7 Å². The third kappa shape index (κ3) is 3.77. The van der Waals surface area contributed by atoms with Crippen molar-refractivity contribution in [2.75, 3.05) is 25.0 Å². The first-order valence-corrected chi connectivity index (χ1v) is 10.3. The van der Waals surface area contributed by atoms with Gasteiger partial charge in [0.1, 0.15) is 0 Å². The smallest absolute Gasteiger partial charge is 0.260 e. The van der Waals surface area contributed by atoms with E-state index in [0.29, 0.717) is 13.1 Å². The van der Waals surface area contributed by atoms with Gasteiger partial charge in [-0.3, -0.25) is 9.59 Å². The molecule has 0 bridgehead atoms. The number of likely N-dealkylation sites (tertiary alicyclic amines) is 1. The van der Waals surface area contributed by atoms with Gasteiger partial charge in [-0.2, -0.15) is 0 Å². The fourth-order valence-electron chi connectivity index (χ4n) is 4.11. The number of hydrogen-bond donors (Lipinski definition) is 1. The maximum absolute atomic E-state index is 13.6. The minimum absolute atomic E-state index is 0.0458. The molecule has 3 aromatic carbocycles.